The van der Waals surface area contributed by atoms with Gasteiger partial charge in [0.15, 0.2) is 0 Å². The molecule has 1 N–H and O–H groups in total. The SMILES string of the molecule is Cc1c(Br)cc(C=NNC(=O)c2ccc(Br)cc2)cc1Br. The Morgan fingerprint density at radius 2 is 1.67 bits per heavy atom. The molecule has 0 saturated carbocycles. The van der Waals surface area contributed by atoms with Gasteiger partial charge in [-0.3, -0.25) is 4.79 Å². The zero-order chi connectivity index (χ0) is 15.4. The lowest BCUT2D eigenvalue weighted by molar-refractivity contribution is 0.0955. The van der Waals surface area contributed by atoms with Crippen molar-refractivity contribution in [1.29, 1.82) is 0 Å². The average Bonchev–Trinajstić information content (AvgIpc) is 2.45. The van der Waals surface area contributed by atoms with Crippen LogP contribution in [0.3, 0.4) is 0 Å². The molecule has 2 rings (SSSR count). The van der Waals surface area contributed by atoms with Crippen molar-refractivity contribution in [3.8, 4) is 0 Å². The molecule has 0 heterocycles. The standard InChI is InChI=1S/C15H11Br3N2O/c1-9-13(17)6-10(7-14(9)18)8-19-20-15(21)11-2-4-12(16)5-3-11/h2-8H,1H3,(H,20,21). The first-order valence-electron chi connectivity index (χ1n) is 6.02. The number of halogens is 3. The number of rotatable bonds is 3. The fourth-order valence-electron chi connectivity index (χ4n) is 1.57. The van der Waals surface area contributed by atoms with Crippen LogP contribution in [-0.2, 0) is 0 Å². The Hall–Kier alpha value is -0.980. The van der Waals surface area contributed by atoms with Gasteiger partial charge in [0.2, 0.25) is 0 Å². The quantitative estimate of drug-likeness (QED) is 0.491. The summed E-state index contributed by atoms with van der Waals surface area (Å²) in [4.78, 5) is 11.9. The molecule has 0 bridgehead atoms. The topological polar surface area (TPSA) is 41.5 Å². The summed E-state index contributed by atoms with van der Waals surface area (Å²) in [5, 5.41) is 3.97. The smallest absolute Gasteiger partial charge is 0.267 e. The fourth-order valence-corrected chi connectivity index (χ4v) is 3.06. The predicted molar refractivity (Wildman–Crippen MR) is 95.8 cm³/mol. The molecule has 0 spiro atoms. The van der Waals surface area contributed by atoms with E-state index in [1.807, 2.05) is 31.2 Å². The van der Waals surface area contributed by atoms with Crippen LogP contribution in [-0.4, -0.2) is 12.1 Å². The molecule has 0 aliphatic rings. The molecular formula is C15H11Br3N2O. The van der Waals surface area contributed by atoms with Gasteiger partial charge >= 0.3 is 0 Å². The van der Waals surface area contributed by atoms with Crippen LogP contribution in [0.2, 0.25) is 0 Å². The number of nitrogens with one attached hydrogen (secondary N) is 1. The summed E-state index contributed by atoms with van der Waals surface area (Å²) >= 11 is 10.3. The number of hydrazone groups is 1. The summed E-state index contributed by atoms with van der Waals surface area (Å²) in [7, 11) is 0. The van der Waals surface area contributed by atoms with E-state index in [0.717, 1.165) is 24.5 Å². The summed E-state index contributed by atoms with van der Waals surface area (Å²) in [5.74, 6) is -0.246. The van der Waals surface area contributed by atoms with Crippen LogP contribution in [0.25, 0.3) is 0 Å². The van der Waals surface area contributed by atoms with E-state index in [-0.39, 0.29) is 5.91 Å². The summed E-state index contributed by atoms with van der Waals surface area (Å²) in [6.07, 6.45) is 1.60. The van der Waals surface area contributed by atoms with Gasteiger partial charge in [0.05, 0.1) is 6.21 Å². The van der Waals surface area contributed by atoms with Crippen LogP contribution in [0.15, 0.2) is 54.9 Å². The second-order valence-corrected chi connectivity index (χ2v) is 6.94. The Bertz CT molecular complexity index is 674. The van der Waals surface area contributed by atoms with Crippen LogP contribution in [0, 0.1) is 6.92 Å². The average molecular weight is 475 g/mol. The summed E-state index contributed by atoms with van der Waals surface area (Å²) < 4.78 is 2.90. The molecule has 0 aliphatic heterocycles. The summed E-state index contributed by atoms with van der Waals surface area (Å²) in [5.41, 5.74) is 5.06. The minimum absolute atomic E-state index is 0.246. The van der Waals surface area contributed by atoms with Gasteiger partial charge in [0, 0.05) is 19.0 Å². The van der Waals surface area contributed by atoms with Crippen molar-refractivity contribution in [2.45, 2.75) is 6.92 Å². The van der Waals surface area contributed by atoms with E-state index in [1.165, 1.54) is 0 Å². The van der Waals surface area contributed by atoms with E-state index in [4.69, 9.17) is 0 Å². The summed E-state index contributed by atoms with van der Waals surface area (Å²) in [6, 6.07) is 11.0. The maximum Gasteiger partial charge on any atom is 0.271 e. The zero-order valence-electron chi connectivity index (χ0n) is 11.0. The molecule has 108 valence electrons. The van der Waals surface area contributed by atoms with Gasteiger partial charge in [-0.05, 0) is 54.4 Å². The molecule has 1 amide bonds. The van der Waals surface area contributed by atoms with Crippen LogP contribution < -0.4 is 5.43 Å². The fraction of sp³-hybridized carbons (Fsp3) is 0.0667. The highest BCUT2D eigenvalue weighted by Crippen LogP contribution is 2.25. The molecule has 6 heteroatoms. The molecule has 2 aromatic carbocycles. The second-order valence-electron chi connectivity index (χ2n) is 4.32. The number of hydrogen-bond donors (Lipinski definition) is 1. The Labute approximate surface area is 148 Å². The van der Waals surface area contributed by atoms with Gasteiger partial charge in [0.1, 0.15) is 0 Å². The minimum atomic E-state index is -0.246. The van der Waals surface area contributed by atoms with E-state index in [2.05, 4.69) is 58.3 Å². The lowest BCUT2D eigenvalue weighted by Crippen LogP contribution is -2.17. The van der Waals surface area contributed by atoms with Crippen molar-refractivity contribution in [3.05, 3.63) is 66.5 Å². The van der Waals surface area contributed by atoms with Gasteiger partial charge in [-0.15, -0.1) is 0 Å². The number of carbonyl (C=O) groups is 1. The van der Waals surface area contributed by atoms with Crippen molar-refractivity contribution >= 4 is 59.9 Å². The number of benzene rings is 2. The van der Waals surface area contributed by atoms with E-state index in [0.29, 0.717) is 5.56 Å². The summed E-state index contributed by atoms with van der Waals surface area (Å²) in [6.45, 7) is 2.00. The van der Waals surface area contributed by atoms with Crippen molar-refractivity contribution in [2.24, 2.45) is 5.10 Å². The highest BCUT2D eigenvalue weighted by molar-refractivity contribution is 9.11. The first kappa shape index (κ1) is 16.4. The highest BCUT2D eigenvalue weighted by Gasteiger charge is 2.04. The van der Waals surface area contributed by atoms with E-state index >= 15 is 0 Å². The molecule has 0 saturated heterocycles. The highest BCUT2D eigenvalue weighted by atomic mass is 79.9. The third-order valence-electron chi connectivity index (χ3n) is 2.79. The van der Waals surface area contributed by atoms with Crippen molar-refractivity contribution in [1.82, 2.24) is 5.43 Å². The maximum absolute atomic E-state index is 11.9. The van der Waals surface area contributed by atoms with Gasteiger partial charge in [0.25, 0.3) is 5.91 Å². The molecule has 0 unspecified atom stereocenters. The third kappa shape index (κ3) is 4.49. The third-order valence-corrected chi connectivity index (χ3v) is 4.97. The van der Waals surface area contributed by atoms with Crippen molar-refractivity contribution in [2.75, 3.05) is 0 Å². The Morgan fingerprint density at radius 1 is 1.10 bits per heavy atom. The van der Waals surface area contributed by atoms with Crippen LogP contribution in [0.1, 0.15) is 21.5 Å². The molecule has 0 aromatic heterocycles. The molecule has 3 nitrogen and oxygen atoms in total. The maximum atomic E-state index is 11.9. The molecule has 0 aliphatic carbocycles. The van der Waals surface area contributed by atoms with Crippen LogP contribution in [0.4, 0.5) is 0 Å². The van der Waals surface area contributed by atoms with Gasteiger partial charge in [-0.1, -0.05) is 47.8 Å². The van der Waals surface area contributed by atoms with Gasteiger partial charge in [-0.25, -0.2) is 5.43 Å². The molecule has 0 atom stereocenters. The lowest BCUT2D eigenvalue weighted by Gasteiger charge is -2.03. The monoisotopic (exact) mass is 472 g/mol. The Kier molecular flexibility index (Phi) is 5.72. The van der Waals surface area contributed by atoms with Gasteiger partial charge in [-0.2, -0.15) is 5.10 Å². The first-order valence-corrected chi connectivity index (χ1v) is 8.40. The molecule has 21 heavy (non-hydrogen) atoms. The normalized spacial score (nSPS) is 10.9. The van der Waals surface area contributed by atoms with E-state index < -0.39 is 0 Å². The van der Waals surface area contributed by atoms with Crippen molar-refractivity contribution in [3.63, 3.8) is 0 Å². The molecule has 2 aromatic rings. The number of hydrogen-bond acceptors (Lipinski definition) is 2. The van der Waals surface area contributed by atoms with E-state index in [9.17, 15) is 4.79 Å². The van der Waals surface area contributed by atoms with Crippen molar-refractivity contribution < 1.29 is 4.79 Å². The molecule has 0 radical (unpaired) electrons. The van der Waals surface area contributed by atoms with E-state index in [1.54, 1.807) is 18.3 Å². The number of amides is 1. The molecular weight excluding hydrogens is 464 g/mol. The Morgan fingerprint density at radius 3 is 2.24 bits per heavy atom. The lowest BCUT2D eigenvalue weighted by atomic mass is 10.2. The first-order chi connectivity index (χ1) is 9.97. The van der Waals surface area contributed by atoms with Crippen LogP contribution >= 0.6 is 47.8 Å². The van der Waals surface area contributed by atoms with Gasteiger partial charge < -0.3 is 0 Å². The number of nitrogens with zero attached hydrogens (tertiary/aromatic N) is 1. The second kappa shape index (κ2) is 7.33. The predicted octanol–water partition coefficient (Wildman–Crippen LogP) is 5.05. The van der Waals surface area contributed by atoms with Crippen LogP contribution in [0.5, 0.6) is 0 Å². The number of carbonyl (C=O) groups excluding carboxylic acids is 1. The largest absolute Gasteiger partial charge is 0.271 e. The zero-order valence-corrected chi connectivity index (χ0v) is 15.8. The molecule has 0 fully saturated rings. The Balaban J connectivity index is 2.05. The minimum Gasteiger partial charge on any atom is -0.267 e.